The van der Waals surface area contributed by atoms with Gasteiger partial charge in [0.2, 0.25) is 6.41 Å². The molecule has 1 aliphatic carbocycles. The highest BCUT2D eigenvalue weighted by atomic mass is 16.4. The van der Waals surface area contributed by atoms with Crippen molar-refractivity contribution in [3.05, 3.63) is 29.3 Å². The number of carboxylic acids is 1. The van der Waals surface area contributed by atoms with Gasteiger partial charge in [-0.1, -0.05) is 6.07 Å². The lowest BCUT2D eigenvalue weighted by molar-refractivity contribution is -0.110. The van der Waals surface area contributed by atoms with Crippen molar-refractivity contribution in [1.29, 1.82) is 0 Å². The molecule has 102 valence electrons. The number of aromatic hydroxyl groups is 1. The first-order valence-electron chi connectivity index (χ1n) is 6.37. The number of carbonyl (C=O) groups is 2. The van der Waals surface area contributed by atoms with E-state index < -0.39 is 5.97 Å². The van der Waals surface area contributed by atoms with E-state index in [1.54, 1.807) is 6.07 Å². The van der Waals surface area contributed by atoms with Crippen LogP contribution >= 0.6 is 0 Å². The molecular weight excluding hydrogens is 246 g/mol. The Balaban J connectivity index is 2.07. The van der Waals surface area contributed by atoms with Crippen LogP contribution in [0.1, 0.15) is 47.5 Å². The van der Waals surface area contributed by atoms with Gasteiger partial charge in [-0.05, 0) is 49.3 Å². The standard InChI is InChI=1S/C14H17NO4/c16-8-15-11-4-1-9(2-5-11)12-6-3-10(14(18)19)7-13(12)17/h3,6-9,11,17H,1-2,4-5H2,(H,15,16)(H,18,19). The third-order valence-electron chi connectivity index (χ3n) is 3.75. The molecular formula is C14H17NO4. The number of hydrogen-bond acceptors (Lipinski definition) is 3. The van der Waals surface area contributed by atoms with E-state index in [1.807, 2.05) is 0 Å². The Bertz CT molecular complexity index is 478. The number of phenols is 1. The maximum atomic E-state index is 10.8. The minimum atomic E-state index is -1.04. The topological polar surface area (TPSA) is 86.6 Å². The predicted molar refractivity (Wildman–Crippen MR) is 69.3 cm³/mol. The Kier molecular flexibility index (Phi) is 4.04. The molecule has 0 unspecified atom stereocenters. The summed E-state index contributed by atoms with van der Waals surface area (Å²) in [6.45, 7) is 0. The molecule has 5 heteroatoms. The third-order valence-corrected chi connectivity index (χ3v) is 3.75. The van der Waals surface area contributed by atoms with E-state index in [0.29, 0.717) is 0 Å². The molecule has 0 spiro atoms. The molecule has 3 N–H and O–H groups in total. The van der Waals surface area contributed by atoms with Gasteiger partial charge in [0.15, 0.2) is 0 Å². The molecule has 1 aromatic carbocycles. The summed E-state index contributed by atoms with van der Waals surface area (Å²) in [5, 5.41) is 21.6. The second kappa shape index (κ2) is 5.73. The van der Waals surface area contributed by atoms with Gasteiger partial charge in [-0.25, -0.2) is 4.79 Å². The monoisotopic (exact) mass is 263 g/mol. The summed E-state index contributed by atoms with van der Waals surface area (Å²) < 4.78 is 0. The van der Waals surface area contributed by atoms with Gasteiger partial charge in [0.25, 0.3) is 0 Å². The Morgan fingerprint density at radius 1 is 1.26 bits per heavy atom. The van der Waals surface area contributed by atoms with Gasteiger partial charge in [0.05, 0.1) is 5.56 Å². The van der Waals surface area contributed by atoms with Gasteiger partial charge in [0.1, 0.15) is 5.75 Å². The minimum Gasteiger partial charge on any atom is -0.508 e. The van der Waals surface area contributed by atoms with Gasteiger partial charge in [0, 0.05) is 6.04 Å². The second-order valence-corrected chi connectivity index (χ2v) is 4.91. The number of hydrogen-bond donors (Lipinski definition) is 3. The molecule has 1 amide bonds. The molecule has 0 heterocycles. The first-order valence-corrected chi connectivity index (χ1v) is 6.37. The number of rotatable bonds is 4. The number of phenolic OH excluding ortho intramolecular Hbond substituents is 1. The first kappa shape index (κ1) is 13.4. The van der Waals surface area contributed by atoms with Crippen LogP contribution in [0.3, 0.4) is 0 Å². The van der Waals surface area contributed by atoms with E-state index >= 15 is 0 Å². The van der Waals surface area contributed by atoms with Crippen LogP contribution in [0.25, 0.3) is 0 Å². The molecule has 1 aromatic rings. The molecule has 1 saturated carbocycles. The molecule has 2 rings (SSSR count). The van der Waals surface area contributed by atoms with Crippen LogP contribution in [0.2, 0.25) is 0 Å². The molecule has 0 bridgehead atoms. The van der Waals surface area contributed by atoms with Crippen LogP contribution in [0.4, 0.5) is 0 Å². The quantitative estimate of drug-likeness (QED) is 0.724. The molecule has 0 aromatic heterocycles. The summed E-state index contributed by atoms with van der Waals surface area (Å²) in [5.41, 5.74) is 0.895. The molecule has 0 radical (unpaired) electrons. The minimum absolute atomic E-state index is 0.0479. The number of amides is 1. The zero-order valence-corrected chi connectivity index (χ0v) is 10.5. The summed E-state index contributed by atoms with van der Waals surface area (Å²) in [5.74, 6) is -0.764. The van der Waals surface area contributed by atoms with Crippen molar-refractivity contribution >= 4 is 12.4 Å². The fraction of sp³-hybridized carbons (Fsp3) is 0.429. The normalized spacial score (nSPS) is 22.7. The van der Waals surface area contributed by atoms with Gasteiger partial charge in [-0.15, -0.1) is 0 Å². The van der Waals surface area contributed by atoms with Crippen molar-refractivity contribution in [2.75, 3.05) is 0 Å². The number of benzene rings is 1. The van der Waals surface area contributed by atoms with Gasteiger partial charge >= 0.3 is 5.97 Å². The molecule has 1 fully saturated rings. The highest BCUT2D eigenvalue weighted by Crippen LogP contribution is 2.37. The number of carboxylic acid groups (broad SMARTS) is 1. The highest BCUT2D eigenvalue weighted by Gasteiger charge is 2.24. The Morgan fingerprint density at radius 2 is 1.95 bits per heavy atom. The van der Waals surface area contributed by atoms with Gasteiger partial charge in [-0.3, -0.25) is 4.79 Å². The van der Waals surface area contributed by atoms with Gasteiger partial charge in [-0.2, -0.15) is 0 Å². The van der Waals surface area contributed by atoms with Crippen molar-refractivity contribution in [1.82, 2.24) is 5.32 Å². The number of nitrogens with one attached hydrogen (secondary N) is 1. The summed E-state index contributed by atoms with van der Waals surface area (Å²) in [6.07, 6.45) is 4.24. The van der Waals surface area contributed by atoms with Crippen molar-refractivity contribution in [2.24, 2.45) is 0 Å². The Labute approximate surface area is 111 Å². The van der Waals surface area contributed by atoms with Crippen LogP contribution in [-0.4, -0.2) is 28.6 Å². The van der Waals surface area contributed by atoms with E-state index in [4.69, 9.17) is 5.11 Å². The van der Waals surface area contributed by atoms with Crippen LogP contribution in [0, 0.1) is 0 Å². The highest BCUT2D eigenvalue weighted by molar-refractivity contribution is 5.88. The summed E-state index contributed by atoms with van der Waals surface area (Å²) in [6, 6.07) is 4.73. The molecule has 1 aliphatic rings. The number of carbonyl (C=O) groups excluding carboxylic acids is 1. The Hall–Kier alpha value is -2.04. The summed E-state index contributed by atoms with van der Waals surface area (Å²) >= 11 is 0. The van der Waals surface area contributed by atoms with Gasteiger partial charge < -0.3 is 15.5 Å². The molecule has 0 aliphatic heterocycles. The number of aromatic carboxylic acids is 1. The fourth-order valence-corrected chi connectivity index (χ4v) is 2.69. The summed E-state index contributed by atoms with van der Waals surface area (Å²) in [4.78, 5) is 21.2. The van der Waals surface area contributed by atoms with E-state index in [-0.39, 0.29) is 23.3 Å². The van der Waals surface area contributed by atoms with Crippen LogP contribution in [0.5, 0.6) is 5.75 Å². The maximum absolute atomic E-state index is 10.8. The second-order valence-electron chi connectivity index (χ2n) is 4.91. The van der Waals surface area contributed by atoms with Crippen molar-refractivity contribution < 1.29 is 19.8 Å². The zero-order valence-electron chi connectivity index (χ0n) is 10.5. The lowest BCUT2D eigenvalue weighted by Crippen LogP contribution is -2.31. The van der Waals surface area contributed by atoms with Crippen LogP contribution < -0.4 is 5.32 Å². The molecule has 0 saturated heterocycles. The van der Waals surface area contributed by atoms with Crippen molar-refractivity contribution in [3.63, 3.8) is 0 Å². The fourth-order valence-electron chi connectivity index (χ4n) is 2.69. The van der Waals surface area contributed by atoms with E-state index in [2.05, 4.69) is 5.32 Å². The zero-order chi connectivity index (χ0) is 13.8. The molecule has 19 heavy (non-hydrogen) atoms. The van der Waals surface area contributed by atoms with E-state index in [9.17, 15) is 14.7 Å². The average Bonchev–Trinajstić information content (AvgIpc) is 2.40. The van der Waals surface area contributed by atoms with E-state index in [0.717, 1.165) is 37.7 Å². The van der Waals surface area contributed by atoms with Crippen LogP contribution in [0.15, 0.2) is 18.2 Å². The Morgan fingerprint density at radius 3 is 2.47 bits per heavy atom. The predicted octanol–water partition coefficient (Wildman–Crippen LogP) is 1.86. The lowest BCUT2D eigenvalue weighted by atomic mass is 9.81. The third kappa shape index (κ3) is 3.05. The van der Waals surface area contributed by atoms with Crippen LogP contribution in [-0.2, 0) is 4.79 Å². The van der Waals surface area contributed by atoms with E-state index in [1.165, 1.54) is 12.1 Å². The SMILES string of the molecule is O=CNC1CCC(c2ccc(C(=O)O)cc2O)CC1. The average molecular weight is 263 g/mol. The largest absolute Gasteiger partial charge is 0.508 e. The lowest BCUT2D eigenvalue weighted by Gasteiger charge is -2.28. The maximum Gasteiger partial charge on any atom is 0.335 e. The first-order chi connectivity index (χ1) is 9.11. The van der Waals surface area contributed by atoms with Crippen molar-refractivity contribution in [2.45, 2.75) is 37.6 Å². The summed E-state index contributed by atoms with van der Waals surface area (Å²) in [7, 11) is 0. The smallest absolute Gasteiger partial charge is 0.335 e. The van der Waals surface area contributed by atoms with Crippen molar-refractivity contribution in [3.8, 4) is 5.75 Å². The molecule has 5 nitrogen and oxygen atoms in total. The molecule has 0 atom stereocenters.